The van der Waals surface area contributed by atoms with Crippen molar-refractivity contribution in [1.29, 1.82) is 0 Å². The van der Waals surface area contributed by atoms with Gasteiger partial charge in [0.05, 0.1) is 6.61 Å². The van der Waals surface area contributed by atoms with Gasteiger partial charge in [0, 0.05) is 12.1 Å². The van der Waals surface area contributed by atoms with Crippen molar-refractivity contribution in [2.24, 2.45) is 5.41 Å². The van der Waals surface area contributed by atoms with Gasteiger partial charge < -0.3 is 10.4 Å². The van der Waals surface area contributed by atoms with Crippen LogP contribution in [0.4, 0.5) is 0 Å². The molecule has 78 valence electrons. The zero-order valence-corrected chi connectivity index (χ0v) is 9.14. The van der Waals surface area contributed by atoms with E-state index in [-0.39, 0.29) is 12.6 Å². The average molecular weight is 185 g/mol. The molecule has 0 unspecified atom stereocenters. The lowest BCUT2D eigenvalue weighted by Gasteiger charge is -2.36. The third-order valence-electron chi connectivity index (χ3n) is 3.00. The molecule has 0 bridgehead atoms. The lowest BCUT2D eigenvalue weighted by Crippen LogP contribution is -2.43. The largest absolute Gasteiger partial charge is 0.395 e. The molecule has 2 N–H and O–H groups in total. The number of rotatable bonds is 3. The molecule has 1 rings (SSSR count). The molecule has 2 atom stereocenters. The second-order valence-electron chi connectivity index (χ2n) is 5.21. The molecular formula is C11H23NO. The highest BCUT2D eigenvalue weighted by atomic mass is 16.3. The third kappa shape index (κ3) is 3.65. The molecule has 1 saturated carbocycles. The van der Waals surface area contributed by atoms with E-state index in [9.17, 15) is 0 Å². The maximum Gasteiger partial charge on any atom is 0.0582 e. The molecule has 0 aliphatic heterocycles. The van der Waals surface area contributed by atoms with Gasteiger partial charge in [0.15, 0.2) is 0 Å². The summed E-state index contributed by atoms with van der Waals surface area (Å²) in [5, 5.41) is 12.4. The quantitative estimate of drug-likeness (QED) is 0.704. The molecule has 2 nitrogen and oxygen atoms in total. The van der Waals surface area contributed by atoms with Gasteiger partial charge in [0.25, 0.3) is 0 Å². The zero-order chi connectivity index (χ0) is 9.90. The van der Waals surface area contributed by atoms with E-state index in [1.165, 1.54) is 25.7 Å². The zero-order valence-electron chi connectivity index (χ0n) is 9.14. The van der Waals surface area contributed by atoms with Gasteiger partial charge in [-0.25, -0.2) is 0 Å². The summed E-state index contributed by atoms with van der Waals surface area (Å²) in [6.07, 6.45) is 5.19. The Morgan fingerprint density at radius 1 is 1.54 bits per heavy atom. The van der Waals surface area contributed by atoms with Gasteiger partial charge in [-0.05, 0) is 31.6 Å². The molecule has 0 spiro atoms. The molecule has 0 radical (unpaired) electrons. The SMILES string of the molecule is C[C@@H](CO)N[C@H]1CCCC(C)(C)C1. The van der Waals surface area contributed by atoms with Crippen molar-refractivity contribution in [3.8, 4) is 0 Å². The second kappa shape index (κ2) is 4.43. The van der Waals surface area contributed by atoms with Crippen LogP contribution in [0.15, 0.2) is 0 Å². The van der Waals surface area contributed by atoms with E-state index in [1.54, 1.807) is 0 Å². The van der Waals surface area contributed by atoms with Gasteiger partial charge in [-0.15, -0.1) is 0 Å². The van der Waals surface area contributed by atoms with Crippen LogP contribution >= 0.6 is 0 Å². The van der Waals surface area contributed by atoms with Crippen LogP contribution in [0.5, 0.6) is 0 Å². The smallest absolute Gasteiger partial charge is 0.0582 e. The molecular weight excluding hydrogens is 162 g/mol. The van der Waals surface area contributed by atoms with Gasteiger partial charge in [-0.2, -0.15) is 0 Å². The molecule has 0 aromatic heterocycles. The van der Waals surface area contributed by atoms with Gasteiger partial charge in [-0.1, -0.05) is 20.3 Å². The Labute approximate surface area is 81.7 Å². The number of nitrogens with one attached hydrogen (secondary N) is 1. The summed E-state index contributed by atoms with van der Waals surface area (Å²) in [7, 11) is 0. The maximum atomic E-state index is 8.93. The molecule has 0 saturated heterocycles. The van der Waals surface area contributed by atoms with Crippen LogP contribution in [0.1, 0.15) is 46.5 Å². The van der Waals surface area contributed by atoms with E-state index in [4.69, 9.17) is 5.11 Å². The average Bonchev–Trinajstić information content (AvgIpc) is 2.02. The normalized spacial score (nSPS) is 30.0. The fourth-order valence-corrected chi connectivity index (χ4v) is 2.30. The summed E-state index contributed by atoms with van der Waals surface area (Å²) >= 11 is 0. The fourth-order valence-electron chi connectivity index (χ4n) is 2.30. The van der Waals surface area contributed by atoms with Gasteiger partial charge in [-0.3, -0.25) is 0 Å². The molecule has 0 amide bonds. The second-order valence-corrected chi connectivity index (χ2v) is 5.21. The van der Waals surface area contributed by atoms with Crippen molar-refractivity contribution in [2.45, 2.75) is 58.5 Å². The minimum Gasteiger partial charge on any atom is -0.395 e. The van der Waals surface area contributed by atoms with E-state index in [0.717, 1.165) is 0 Å². The first-order valence-electron chi connectivity index (χ1n) is 5.40. The Bertz CT molecular complexity index is 156. The van der Waals surface area contributed by atoms with E-state index >= 15 is 0 Å². The first-order chi connectivity index (χ1) is 6.03. The van der Waals surface area contributed by atoms with Gasteiger partial charge in [0.2, 0.25) is 0 Å². The standard InChI is InChI=1S/C11H23NO/c1-9(8-13)12-10-5-4-6-11(2,3)7-10/h9-10,12-13H,4-8H2,1-3H3/t9-,10-/m0/s1. The summed E-state index contributed by atoms with van der Waals surface area (Å²) in [5.74, 6) is 0. The molecule has 1 fully saturated rings. The minimum atomic E-state index is 0.247. The summed E-state index contributed by atoms with van der Waals surface area (Å²) in [5.41, 5.74) is 0.491. The molecule has 2 heteroatoms. The first kappa shape index (κ1) is 11.0. The first-order valence-corrected chi connectivity index (χ1v) is 5.40. The van der Waals surface area contributed by atoms with Crippen LogP contribution < -0.4 is 5.32 Å². The Morgan fingerprint density at radius 2 is 2.23 bits per heavy atom. The van der Waals surface area contributed by atoms with Crippen LogP contribution in [0, 0.1) is 5.41 Å². The van der Waals surface area contributed by atoms with Crippen LogP contribution in [0.2, 0.25) is 0 Å². The maximum absolute atomic E-state index is 8.93. The van der Waals surface area contributed by atoms with E-state index in [0.29, 0.717) is 11.5 Å². The highest BCUT2D eigenvalue weighted by molar-refractivity contribution is 4.84. The van der Waals surface area contributed by atoms with Gasteiger partial charge in [0.1, 0.15) is 0 Å². The lowest BCUT2D eigenvalue weighted by atomic mass is 9.75. The summed E-state index contributed by atoms with van der Waals surface area (Å²) in [6.45, 7) is 6.97. The lowest BCUT2D eigenvalue weighted by molar-refractivity contribution is 0.171. The van der Waals surface area contributed by atoms with Crippen molar-refractivity contribution < 1.29 is 5.11 Å². The van der Waals surface area contributed by atoms with E-state index < -0.39 is 0 Å². The van der Waals surface area contributed by atoms with Crippen molar-refractivity contribution >= 4 is 0 Å². The Morgan fingerprint density at radius 3 is 2.77 bits per heavy atom. The highest BCUT2D eigenvalue weighted by Gasteiger charge is 2.28. The third-order valence-corrected chi connectivity index (χ3v) is 3.00. The van der Waals surface area contributed by atoms with E-state index in [2.05, 4.69) is 19.2 Å². The van der Waals surface area contributed by atoms with E-state index in [1.807, 2.05) is 6.92 Å². The Kier molecular flexibility index (Phi) is 3.74. The molecule has 1 aliphatic carbocycles. The predicted molar refractivity (Wildman–Crippen MR) is 55.7 cm³/mol. The summed E-state index contributed by atoms with van der Waals surface area (Å²) in [6, 6.07) is 0.866. The van der Waals surface area contributed by atoms with Crippen LogP contribution in [-0.2, 0) is 0 Å². The number of hydrogen-bond acceptors (Lipinski definition) is 2. The predicted octanol–water partition coefficient (Wildman–Crippen LogP) is 1.93. The monoisotopic (exact) mass is 185 g/mol. The minimum absolute atomic E-state index is 0.247. The molecule has 13 heavy (non-hydrogen) atoms. The topological polar surface area (TPSA) is 32.3 Å². The van der Waals surface area contributed by atoms with Crippen molar-refractivity contribution in [2.75, 3.05) is 6.61 Å². The van der Waals surface area contributed by atoms with Crippen molar-refractivity contribution in [1.82, 2.24) is 5.32 Å². The summed E-state index contributed by atoms with van der Waals surface area (Å²) in [4.78, 5) is 0. The summed E-state index contributed by atoms with van der Waals surface area (Å²) < 4.78 is 0. The number of aliphatic hydroxyl groups is 1. The molecule has 0 heterocycles. The van der Waals surface area contributed by atoms with Crippen LogP contribution in [-0.4, -0.2) is 23.8 Å². The Balaban J connectivity index is 2.34. The number of hydrogen-bond donors (Lipinski definition) is 2. The van der Waals surface area contributed by atoms with Crippen LogP contribution in [0.25, 0.3) is 0 Å². The molecule has 1 aliphatic rings. The highest BCUT2D eigenvalue weighted by Crippen LogP contribution is 2.35. The van der Waals surface area contributed by atoms with Crippen molar-refractivity contribution in [3.63, 3.8) is 0 Å². The van der Waals surface area contributed by atoms with Crippen LogP contribution in [0.3, 0.4) is 0 Å². The number of aliphatic hydroxyl groups excluding tert-OH is 1. The van der Waals surface area contributed by atoms with Crippen molar-refractivity contribution in [3.05, 3.63) is 0 Å². The fraction of sp³-hybridized carbons (Fsp3) is 1.00. The van der Waals surface area contributed by atoms with Gasteiger partial charge >= 0.3 is 0 Å². The molecule has 0 aromatic rings. The molecule has 0 aromatic carbocycles. The Hall–Kier alpha value is -0.0800.